The van der Waals surface area contributed by atoms with Gasteiger partial charge in [0.1, 0.15) is 0 Å². The molecular formula is C12H17ClOS2. The van der Waals surface area contributed by atoms with E-state index in [-0.39, 0.29) is 6.10 Å². The second kappa shape index (κ2) is 6.29. The highest BCUT2D eigenvalue weighted by atomic mass is 35.5. The van der Waals surface area contributed by atoms with E-state index in [1.807, 2.05) is 23.9 Å². The van der Waals surface area contributed by atoms with E-state index in [2.05, 4.69) is 0 Å². The molecule has 1 aromatic heterocycles. The Bertz CT molecular complexity index is 321. The van der Waals surface area contributed by atoms with Crippen LogP contribution in [0.4, 0.5) is 0 Å². The minimum atomic E-state index is -0.192. The third kappa shape index (κ3) is 3.95. The van der Waals surface area contributed by atoms with Crippen LogP contribution < -0.4 is 0 Å². The zero-order chi connectivity index (χ0) is 11.4. The van der Waals surface area contributed by atoms with Gasteiger partial charge < -0.3 is 5.11 Å². The Balaban J connectivity index is 1.77. The van der Waals surface area contributed by atoms with Gasteiger partial charge in [-0.3, -0.25) is 0 Å². The Morgan fingerprint density at radius 1 is 1.38 bits per heavy atom. The number of halogens is 1. The molecule has 4 heteroatoms. The first kappa shape index (κ1) is 12.7. The third-order valence-corrected chi connectivity index (χ3v) is 5.31. The molecule has 1 saturated heterocycles. The minimum absolute atomic E-state index is 0.192. The van der Waals surface area contributed by atoms with Crippen molar-refractivity contribution in [3.8, 4) is 0 Å². The van der Waals surface area contributed by atoms with Crippen molar-refractivity contribution in [1.82, 2.24) is 0 Å². The van der Waals surface area contributed by atoms with Gasteiger partial charge in [0.25, 0.3) is 0 Å². The SMILES string of the molecule is OC(Cc1ccc(Cl)s1)CC1CCSCC1. The fourth-order valence-corrected chi connectivity index (χ4v) is 4.51. The van der Waals surface area contributed by atoms with E-state index in [1.165, 1.54) is 29.2 Å². The fourth-order valence-electron chi connectivity index (χ4n) is 2.14. The second-order valence-electron chi connectivity index (χ2n) is 4.36. The molecule has 2 rings (SSSR count). The molecule has 1 nitrogen and oxygen atoms in total. The lowest BCUT2D eigenvalue weighted by Gasteiger charge is -2.23. The van der Waals surface area contributed by atoms with Gasteiger partial charge in [-0.25, -0.2) is 0 Å². The lowest BCUT2D eigenvalue weighted by Crippen LogP contribution is -2.19. The summed E-state index contributed by atoms with van der Waals surface area (Å²) in [5.41, 5.74) is 0. The summed E-state index contributed by atoms with van der Waals surface area (Å²) in [6.45, 7) is 0. The molecule has 1 aliphatic heterocycles. The molecule has 90 valence electrons. The van der Waals surface area contributed by atoms with E-state index in [4.69, 9.17) is 11.6 Å². The highest BCUT2D eigenvalue weighted by molar-refractivity contribution is 7.99. The summed E-state index contributed by atoms with van der Waals surface area (Å²) in [5.74, 6) is 3.26. The van der Waals surface area contributed by atoms with Crippen LogP contribution in [0.3, 0.4) is 0 Å². The van der Waals surface area contributed by atoms with Gasteiger partial charge in [0, 0.05) is 11.3 Å². The Kier molecular flexibility index (Phi) is 5.01. The maximum Gasteiger partial charge on any atom is 0.0931 e. The molecular weight excluding hydrogens is 260 g/mol. The van der Waals surface area contributed by atoms with Gasteiger partial charge in [0.15, 0.2) is 0 Å². The first-order valence-electron chi connectivity index (χ1n) is 5.74. The van der Waals surface area contributed by atoms with Gasteiger partial charge in [-0.2, -0.15) is 11.8 Å². The van der Waals surface area contributed by atoms with Gasteiger partial charge in [0.2, 0.25) is 0 Å². The molecule has 0 bridgehead atoms. The van der Waals surface area contributed by atoms with Crippen molar-refractivity contribution in [2.75, 3.05) is 11.5 Å². The zero-order valence-electron chi connectivity index (χ0n) is 9.19. The molecule has 0 saturated carbocycles. The highest BCUT2D eigenvalue weighted by Crippen LogP contribution is 2.28. The zero-order valence-corrected chi connectivity index (χ0v) is 11.6. The van der Waals surface area contributed by atoms with Gasteiger partial charge in [-0.1, -0.05) is 11.6 Å². The predicted octanol–water partition coefficient (Wildman–Crippen LogP) is 3.84. The molecule has 1 unspecified atom stereocenters. The molecule has 0 amide bonds. The summed E-state index contributed by atoms with van der Waals surface area (Å²) in [6, 6.07) is 3.93. The van der Waals surface area contributed by atoms with Crippen LogP contribution >= 0.6 is 34.7 Å². The van der Waals surface area contributed by atoms with Crippen LogP contribution in [0.5, 0.6) is 0 Å². The average Bonchev–Trinajstić information content (AvgIpc) is 2.65. The van der Waals surface area contributed by atoms with Gasteiger partial charge in [-0.05, 0) is 48.8 Å². The topological polar surface area (TPSA) is 20.2 Å². The molecule has 0 aliphatic carbocycles. The second-order valence-corrected chi connectivity index (χ2v) is 7.38. The summed E-state index contributed by atoms with van der Waals surface area (Å²) in [7, 11) is 0. The van der Waals surface area contributed by atoms with Crippen LogP contribution in [0.15, 0.2) is 12.1 Å². The number of aliphatic hydroxyl groups is 1. The molecule has 1 aliphatic rings. The Morgan fingerprint density at radius 2 is 2.12 bits per heavy atom. The normalized spacial score (nSPS) is 19.9. The monoisotopic (exact) mass is 276 g/mol. The maximum absolute atomic E-state index is 10.0. The molecule has 0 radical (unpaired) electrons. The molecule has 1 atom stereocenters. The largest absolute Gasteiger partial charge is 0.393 e. The molecule has 1 aromatic rings. The first-order chi connectivity index (χ1) is 7.74. The van der Waals surface area contributed by atoms with E-state index in [0.717, 1.165) is 23.1 Å². The van der Waals surface area contributed by atoms with E-state index < -0.39 is 0 Å². The smallest absolute Gasteiger partial charge is 0.0931 e. The third-order valence-electron chi connectivity index (χ3n) is 3.01. The number of thioether (sulfide) groups is 1. The number of thiophene rings is 1. The summed E-state index contributed by atoms with van der Waals surface area (Å²) >= 11 is 9.49. The fraction of sp³-hybridized carbons (Fsp3) is 0.667. The van der Waals surface area contributed by atoms with Crippen LogP contribution in [0, 0.1) is 5.92 Å². The predicted molar refractivity (Wildman–Crippen MR) is 73.7 cm³/mol. The Labute approximate surface area is 110 Å². The van der Waals surface area contributed by atoms with Crippen LogP contribution in [-0.2, 0) is 6.42 Å². The van der Waals surface area contributed by atoms with Crippen molar-refractivity contribution in [2.45, 2.75) is 31.8 Å². The molecule has 1 N–H and O–H groups in total. The standard InChI is InChI=1S/C12H17ClOS2/c13-12-2-1-11(16-12)8-10(14)7-9-3-5-15-6-4-9/h1-2,9-10,14H,3-8H2. The summed E-state index contributed by atoms with van der Waals surface area (Å²) < 4.78 is 0.816. The van der Waals surface area contributed by atoms with E-state index >= 15 is 0 Å². The first-order valence-corrected chi connectivity index (χ1v) is 8.09. The van der Waals surface area contributed by atoms with Gasteiger partial charge >= 0.3 is 0 Å². The van der Waals surface area contributed by atoms with Crippen molar-refractivity contribution in [3.05, 3.63) is 21.3 Å². The average molecular weight is 277 g/mol. The van der Waals surface area contributed by atoms with Crippen molar-refractivity contribution >= 4 is 34.7 Å². The van der Waals surface area contributed by atoms with E-state index in [0.29, 0.717) is 0 Å². The molecule has 0 spiro atoms. The lowest BCUT2D eigenvalue weighted by molar-refractivity contribution is 0.140. The number of hydrogen-bond donors (Lipinski definition) is 1. The Morgan fingerprint density at radius 3 is 2.75 bits per heavy atom. The summed E-state index contributed by atoms with van der Waals surface area (Å²) in [6.07, 6.45) is 4.07. The van der Waals surface area contributed by atoms with Crippen molar-refractivity contribution < 1.29 is 5.11 Å². The molecule has 0 aromatic carbocycles. The van der Waals surface area contributed by atoms with Gasteiger partial charge in [0.05, 0.1) is 10.4 Å². The van der Waals surface area contributed by atoms with Crippen LogP contribution in [0.1, 0.15) is 24.1 Å². The van der Waals surface area contributed by atoms with Crippen LogP contribution in [0.25, 0.3) is 0 Å². The minimum Gasteiger partial charge on any atom is -0.393 e. The van der Waals surface area contributed by atoms with Crippen molar-refractivity contribution in [1.29, 1.82) is 0 Å². The molecule has 1 fully saturated rings. The maximum atomic E-state index is 10.0. The lowest BCUT2D eigenvalue weighted by atomic mass is 9.94. The van der Waals surface area contributed by atoms with Crippen LogP contribution in [-0.4, -0.2) is 22.7 Å². The molecule has 2 heterocycles. The summed E-state index contributed by atoms with van der Waals surface area (Å²) in [5, 5.41) is 10.0. The van der Waals surface area contributed by atoms with Crippen molar-refractivity contribution in [2.24, 2.45) is 5.92 Å². The van der Waals surface area contributed by atoms with E-state index in [9.17, 15) is 5.11 Å². The number of hydrogen-bond acceptors (Lipinski definition) is 3. The number of rotatable bonds is 4. The molecule has 16 heavy (non-hydrogen) atoms. The number of aliphatic hydroxyl groups excluding tert-OH is 1. The quantitative estimate of drug-likeness (QED) is 0.902. The Hall–Kier alpha value is 0.300. The van der Waals surface area contributed by atoms with Crippen molar-refractivity contribution in [3.63, 3.8) is 0 Å². The summed E-state index contributed by atoms with van der Waals surface area (Å²) in [4.78, 5) is 1.20. The van der Waals surface area contributed by atoms with Crippen LogP contribution in [0.2, 0.25) is 4.34 Å². The van der Waals surface area contributed by atoms with E-state index in [1.54, 1.807) is 11.3 Å². The van der Waals surface area contributed by atoms with Gasteiger partial charge in [-0.15, -0.1) is 11.3 Å². The highest BCUT2D eigenvalue weighted by Gasteiger charge is 2.18.